The van der Waals surface area contributed by atoms with Crippen molar-refractivity contribution in [2.24, 2.45) is 52.0 Å². The van der Waals surface area contributed by atoms with Gasteiger partial charge in [0.05, 0.1) is 30.4 Å². The van der Waals surface area contributed by atoms with Gasteiger partial charge in [-0.1, -0.05) is 108 Å². The first-order chi connectivity index (χ1) is 23.6. The zero-order valence-corrected chi connectivity index (χ0v) is 35.8. The first-order valence-corrected chi connectivity index (χ1v) is 19.8. The fourth-order valence-corrected chi connectivity index (χ4v) is 7.76. The van der Waals surface area contributed by atoms with Gasteiger partial charge in [-0.3, -0.25) is 4.79 Å². The number of terminal acetylenes is 1. The number of carbonyl (C=O) groups excluding carboxylic acids is 2. The lowest BCUT2D eigenvalue weighted by Crippen LogP contribution is -2.53. The van der Waals surface area contributed by atoms with E-state index in [1.54, 1.807) is 14.0 Å². The van der Waals surface area contributed by atoms with Crippen LogP contribution in [0.2, 0.25) is 0 Å². The number of hydrogen-bond donors (Lipinski definition) is 3. The summed E-state index contributed by atoms with van der Waals surface area (Å²) < 4.78 is 5.26. The number of ether oxygens (including phenoxy) is 1. The number of methoxy groups -OCH3 is 1. The molecule has 0 spiro atoms. The van der Waals surface area contributed by atoms with Crippen molar-refractivity contribution in [3.63, 3.8) is 0 Å². The molecule has 8 heteroatoms. The van der Waals surface area contributed by atoms with Crippen LogP contribution in [0.5, 0.6) is 0 Å². The number of aliphatic hydroxyl groups is 2. The molecular weight excluding hydrogens is 628 g/mol. The number of nitrogens with zero attached hydrogens (tertiary/aromatic N) is 2. The van der Waals surface area contributed by atoms with Crippen molar-refractivity contribution in [1.29, 1.82) is 0 Å². The topological polar surface area (TPSA) is 120 Å². The van der Waals surface area contributed by atoms with Crippen LogP contribution in [0.3, 0.4) is 0 Å². The van der Waals surface area contributed by atoms with Gasteiger partial charge in [-0.15, -0.1) is 12.3 Å². The maximum absolute atomic E-state index is 13.3. The lowest BCUT2D eigenvalue weighted by atomic mass is 9.58. The van der Waals surface area contributed by atoms with Crippen molar-refractivity contribution in [2.45, 2.75) is 167 Å². The lowest BCUT2D eigenvalue weighted by Gasteiger charge is -2.51. The van der Waals surface area contributed by atoms with Gasteiger partial charge in [0.15, 0.2) is 0 Å². The van der Waals surface area contributed by atoms with Gasteiger partial charge < -0.3 is 29.9 Å². The number of ketones is 1. The third-order valence-corrected chi connectivity index (χ3v) is 10.1. The van der Waals surface area contributed by atoms with Crippen LogP contribution in [0.25, 0.3) is 0 Å². The molecule has 7 unspecified atom stereocenters. The maximum Gasteiger partial charge on any atom is 0.145 e. The standard InChI is InChI=1S/C36H66N2O6.3C2H6/c1-13-16-18-38(11)31(19-24(4)17-14-2)32(30(10)40)36(15-3,21-26(6)34(41)27(7)22-39)20-25(5)33(37-43)29(9)35(42)28(8)23-44-12;3*1-2/h1,22,24-32,35,40,42-43H,14-21,23H2,2-12H3;3*1-2H3/b37-33+;;;/t24?,25-,26-,27?,28+,29?,30?,31?,32?,35?,36+;;;/m1.../s1. The molecule has 11 atom stereocenters. The molecule has 8 nitrogen and oxygen atoms in total. The molecule has 0 aliphatic rings. The summed E-state index contributed by atoms with van der Waals surface area (Å²) >= 11 is 0. The van der Waals surface area contributed by atoms with Gasteiger partial charge in [-0.25, -0.2) is 0 Å². The Morgan fingerprint density at radius 3 is 1.88 bits per heavy atom. The molecule has 0 rings (SSSR count). The quantitative estimate of drug-likeness (QED) is 0.0228. The first kappa shape index (κ1) is 55.0. The monoisotopic (exact) mass is 713 g/mol. The van der Waals surface area contributed by atoms with Gasteiger partial charge in [0, 0.05) is 49.8 Å². The predicted octanol–water partition coefficient (Wildman–Crippen LogP) is 9.17. The van der Waals surface area contributed by atoms with Crippen molar-refractivity contribution in [3.8, 4) is 12.3 Å². The van der Waals surface area contributed by atoms with Gasteiger partial charge in [0.2, 0.25) is 0 Å². The third-order valence-electron chi connectivity index (χ3n) is 10.1. The van der Waals surface area contributed by atoms with Crippen LogP contribution in [0.4, 0.5) is 0 Å². The number of aliphatic hydroxyl groups excluding tert-OH is 2. The van der Waals surface area contributed by atoms with E-state index < -0.39 is 35.4 Å². The molecule has 0 aromatic carbocycles. The van der Waals surface area contributed by atoms with Crippen LogP contribution < -0.4 is 0 Å². The van der Waals surface area contributed by atoms with Crippen LogP contribution in [-0.4, -0.2) is 83.7 Å². The summed E-state index contributed by atoms with van der Waals surface area (Å²) in [6.45, 7) is 30.7. The Morgan fingerprint density at radius 1 is 0.960 bits per heavy atom. The zero-order valence-electron chi connectivity index (χ0n) is 35.8. The van der Waals surface area contributed by atoms with Gasteiger partial charge in [0.1, 0.15) is 12.1 Å². The maximum atomic E-state index is 13.3. The van der Waals surface area contributed by atoms with Crippen LogP contribution in [0.1, 0.15) is 149 Å². The number of oxime groups is 1. The van der Waals surface area contributed by atoms with Crippen LogP contribution in [-0.2, 0) is 14.3 Å². The molecule has 0 saturated heterocycles. The number of Topliss-reactive ketones (excluding diaryl/α,β-unsaturated/α-hetero) is 1. The minimum absolute atomic E-state index is 0.0258. The smallest absolute Gasteiger partial charge is 0.145 e. The normalized spacial score (nSPS) is 18.6. The second-order valence-corrected chi connectivity index (χ2v) is 13.9. The largest absolute Gasteiger partial charge is 0.411 e. The number of carbonyl (C=O) groups is 2. The van der Waals surface area contributed by atoms with E-state index in [2.05, 4.69) is 43.8 Å². The van der Waals surface area contributed by atoms with Gasteiger partial charge >= 0.3 is 0 Å². The summed E-state index contributed by atoms with van der Waals surface area (Å²) in [5.74, 6) is 0.798. The molecule has 0 amide bonds. The molecule has 0 aliphatic carbocycles. The van der Waals surface area contributed by atoms with Crippen LogP contribution in [0, 0.1) is 59.2 Å². The van der Waals surface area contributed by atoms with E-state index in [4.69, 9.17) is 11.2 Å². The molecule has 298 valence electrons. The van der Waals surface area contributed by atoms with Crippen molar-refractivity contribution in [2.75, 3.05) is 27.3 Å². The summed E-state index contributed by atoms with van der Waals surface area (Å²) in [6.07, 6.45) is 10.1. The Labute approximate surface area is 310 Å². The molecule has 0 aliphatic heterocycles. The molecule has 0 aromatic rings. The molecule has 0 fully saturated rings. The molecule has 0 radical (unpaired) electrons. The van der Waals surface area contributed by atoms with Crippen molar-refractivity contribution < 1.29 is 29.7 Å². The molecular formula is C42H84N2O6. The first-order valence-electron chi connectivity index (χ1n) is 19.8. The van der Waals surface area contributed by atoms with E-state index in [1.165, 1.54) is 0 Å². The second kappa shape index (κ2) is 31.9. The van der Waals surface area contributed by atoms with E-state index in [1.807, 2.05) is 76.2 Å². The van der Waals surface area contributed by atoms with Crippen molar-refractivity contribution in [3.05, 3.63) is 0 Å². The summed E-state index contributed by atoms with van der Waals surface area (Å²) in [5, 5.41) is 36.8. The van der Waals surface area contributed by atoms with Gasteiger partial charge in [-0.05, 0) is 63.8 Å². The predicted molar refractivity (Wildman–Crippen MR) is 214 cm³/mol. The Bertz CT molecular complexity index is 903. The molecule has 0 saturated carbocycles. The fraction of sp³-hybridized carbons (Fsp3) is 0.881. The Kier molecular flexibility index (Phi) is 35.1. The summed E-state index contributed by atoms with van der Waals surface area (Å²) in [7, 11) is 3.66. The minimum atomic E-state index is -0.779. The van der Waals surface area contributed by atoms with Gasteiger partial charge in [-0.2, -0.15) is 0 Å². The highest BCUT2D eigenvalue weighted by Crippen LogP contribution is 2.50. The van der Waals surface area contributed by atoms with Crippen molar-refractivity contribution >= 4 is 17.8 Å². The Morgan fingerprint density at radius 2 is 1.48 bits per heavy atom. The fourth-order valence-electron chi connectivity index (χ4n) is 7.76. The number of hydrogen-bond acceptors (Lipinski definition) is 8. The van der Waals surface area contributed by atoms with E-state index >= 15 is 0 Å². The minimum Gasteiger partial charge on any atom is -0.411 e. The SMILES string of the molecule is C#CCCN(C)C(CC(C)CCC)C(C(C)O)[C@](CC)(C[C@@H](C)C(=O)C(C)C=O)C[C@@H](C)/C(=N\O)C(C)C(O)[C@@H](C)COC.CC.CC.CC. The van der Waals surface area contributed by atoms with Gasteiger partial charge in [0.25, 0.3) is 0 Å². The Balaban J connectivity index is -0.00000166. The highest BCUT2D eigenvalue weighted by molar-refractivity contribution is 5.94. The highest BCUT2D eigenvalue weighted by atomic mass is 16.5. The molecule has 0 aromatic heterocycles. The number of rotatable bonds is 24. The lowest BCUT2D eigenvalue weighted by molar-refractivity contribution is -0.132. The summed E-state index contributed by atoms with van der Waals surface area (Å²) in [6, 6.07) is -0.0258. The van der Waals surface area contributed by atoms with Crippen molar-refractivity contribution in [1.82, 2.24) is 4.90 Å². The van der Waals surface area contributed by atoms with E-state index in [0.29, 0.717) is 56.8 Å². The molecule has 0 bridgehead atoms. The highest BCUT2D eigenvalue weighted by Gasteiger charge is 2.48. The summed E-state index contributed by atoms with van der Waals surface area (Å²) in [5.41, 5.74) is -0.0789. The Hall–Kier alpha value is -1.79. The summed E-state index contributed by atoms with van der Waals surface area (Å²) in [4.78, 5) is 27.2. The zero-order chi connectivity index (χ0) is 40.2. The number of aldehydes is 1. The average molecular weight is 713 g/mol. The third kappa shape index (κ3) is 18.6. The van der Waals surface area contributed by atoms with E-state index in [-0.39, 0.29) is 29.6 Å². The van der Waals surface area contributed by atoms with Crippen LogP contribution in [0.15, 0.2) is 5.16 Å². The molecule has 3 N–H and O–H groups in total. The molecule has 0 heterocycles. The second-order valence-electron chi connectivity index (χ2n) is 13.9. The molecule has 50 heavy (non-hydrogen) atoms. The van der Waals surface area contributed by atoms with E-state index in [9.17, 15) is 25.0 Å². The average Bonchev–Trinajstić information content (AvgIpc) is 3.11. The van der Waals surface area contributed by atoms with E-state index in [0.717, 1.165) is 19.3 Å². The van der Waals surface area contributed by atoms with Crippen LogP contribution >= 0.6 is 0 Å².